The number of anilines is 1. The van der Waals surface area contributed by atoms with Gasteiger partial charge in [0.1, 0.15) is 6.04 Å². The zero-order chi connectivity index (χ0) is 20.8. The van der Waals surface area contributed by atoms with Gasteiger partial charge in [-0.05, 0) is 42.7 Å². The van der Waals surface area contributed by atoms with Crippen LogP contribution in [0, 0.1) is 12.8 Å². The van der Waals surface area contributed by atoms with Gasteiger partial charge in [-0.1, -0.05) is 31.5 Å². The molecule has 1 atom stereocenters. The largest absolute Gasteiger partial charge is 0.340 e. The minimum absolute atomic E-state index is 0.0809. The van der Waals surface area contributed by atoms with Crippen molar-refractivity contribution in [2.24, 2.45) is 5.92 Å². The first-order valence-corrected chi connectivity index (χ1v) is 9.53. The van der Waals surface area contributed by atoms with Crippen LogP contribution in [-0.4, -0.2) is 32.6 Å². The van der Waals surface area contributed by atoms with Crippen LogP contribution in [0.3, 0.4) is 0 Å². The number of hydrogen-bond acceptors (Lipinski definition) is 4. The van der Waals surface area contributed by atoms with Crippen molar-refractivity contribution in [3.05, 3.63) is 77.7 Å². The third kappa shape index (κ3) is 5.51. The van der Waals surface area contributed by atoms with Crippen LogP contribution in [0.15, 0.2) is 61.1 Å². The average molecular weight is 391 g/mol. The normalized spacial score (nSPS) is 11.9. The summed E-state index contributed by atoms with van der Waals surface area (Å²) >= 11 is 0. The predicted molar refractivity (Wildman–Crippen MR) is 111 cm³/mol. The molecule has 2 amide bonds. The van der Waals surface area contributed by atoms with Gasteiger partial charge in [0.15, 0.2) is 5.82 Å². The third-order valence-electron chi connectivity index (χ3n) is 4.50. The van der Waals surface area contributed by atoms with Gasteiger partial charge in [-0.2, -0.15) is 5.10 Å². The van der Waals surface area contributed by atoms with E-state index in [0.717, 1.165) is 11.1 Å². The fourth-order valence-electron chi connectivity index (χ4n) is 2.94. The smallest absolute Gasteiger partial charge is 0.251 e. The van der Waals surface area contributed by atoms with E-state index in [1.807, 2.05) is 45.0 Å². The summed E-state index contributed by atoms with van der Waals surface area (Å²) in [4.78, 5) is 29.3. The van der Waals surface area contributed by atoms with Crippen LogP contribution in [-0.2, 0) is 11.3 Å². The maximum atomic E-state index is 12.8. The Kier molecular flexibility index (Phi) is 6.39. The molecule has 3 aromatic rings. The number of rotatable bonds is 7. The van der Waals surface area contributed by atoms with Crippen LogP contribution in [0.5, 0.6) is 0 Å². The number of nitrogens with one attached hydrogen (secondary N) is 2. The lowest BCUT2D eigenvalue weighted by atomic mass is 10.0. The number of carbonyl (C=O) groups is 2. The molecule has 0 saturated heterocycles. The van der Waals surface area contributed by atoms with Crippen LogP contribution >= 0.6 is 0 Å². The Hall–Kier alpha value is -3.48. The van der Waals surface area contributed by atoms with Crippen molar-refractivity contribution in [3.63, 3.8) is 0 Å². The van der Waals surface area contributed by atoms with Crippen molar-refractivity contribution >= 4 is 17.6 Å². The van der Waals surface area contributed by atoms with Crippen molar-refractivity contribution in [1.82, 2.24) is 20.1 Å². The average Bonchev–Trinajstić information content (AvgIpc) is 3.13. The Labute approximate surface area is 170 Å². The maximum Gasteiger partial charge on any atom is 0.251 e. The van der Waals surface area contributed by atoms with Gasteiger partial charge in [0.2, 0.25) is 5.91 Å². The molecule has 2 N–H and O–H groups in total. The molecule has 0 bridgehead atoms. The molecule has 0 radical (unpaired) electrons. The molecule has 1 aromatic carbocycles. The van der Waals surface area contributed by atoms with E-state index in [1.165, 1.54) is 0 Å². The molecule has 150 valence electrons. The Morgan fingerprint density at radius 2 is 1.86 bits per heavy atom. The van der Waals surface area contributed by atoms with Gasteiger partial charge in [0.05, 0.1) is 6.54 Å². The molecule has 3 rings (SSSR count). The van der Waals surface area contributed by atoms with Crippen molar-refractivity contribution < 1.29 is 9.59 Å². The van der Waals surface area contributed by atoms with E-state index in [4.69, 9.17) is 0 Å². The number of hydrogen-bond donors (Lipinski definition) is 2. The predicted octanol–water partition coefficient (Wildman–Crippen LogP) is 3.03. The summed E-state index contributed by atoms with van der Waals surface area (Å²) < 4.78 is 1.74. The van der Waals surface area contributed by atoms with Crippen molar-refractivity contribution in [3.8, 4) is 0 Å². The highest BCUT2D eigenvalue weighted by atomic mass is 16.2. The fraction of sp³-hybridized carbons (Fsp3) is 0.273. The van der Waals surface area contributed by atoms with E-state index in [9.17, 15) is 9.59 Å². The Bertz CT molecular complexity index is 982. The van der Waals surface area contributed by atoms with E-state index in [2.05, 4.69) is 20.7 Å². The lowest BCUT2D eigenvalue weighted by molar-refractivity contribution is -0.118. The number of aryl methyl sites for hydroxylation is 1. The first-order valence-electron chi connectivity index (χ1n) is 9.53. The first-order chi connectivity index (χ1) is 13.9. The van der Waals surface area contributed by atoms with Crippen LogP contribution in [0.4, 0.5) is 5.82 Å². The maximum absolute atomic E-state index is 12.8. The molecule has 7 heteroatoms. The summed E-state index contributed by atoms with van der Waals surface area (Å²) in [6.45, 7) is 6.29. The van der Waals surface area contributed by atoms with Gasteiger partial charge < -0.3 is 10.6 Å². The van der Waals surface area contributed by atoms with Crippen molar-refractivity contribution in [2.45, 2.75) is 33.4 Å². The van der Waals surface area contributed by atoms with Crippen LogP contribution < -0.4 is 10.6 Å². The van der Waals surface area contributed by atoms with Crippen LogP contribution in [0.25, 0.3) is 0 Å². The van der Waals surface area contributed by atoms with Crippen LogP contribution in [0.1, 0.15) is 35.3 Å². The molecule has 2 heterocycles. The second-order valence-electron chi connectivity index (χ2n) is 7.31. The van der Waals surface area contributed by atoms with Gasteiger partial charge in [-0.15, -0.1) is 0 Å². The Balaban J connectivity index is 1.64. The molecule has 0 aliphatic heterocycles. The highest BCUT2D eigenvalue weighted by Gasteiger charge is 2.25. The summed E-state index contributed by atoms with van der Waals surface area (Å²) in [6.07, 6.45) is 5.25. The number of benzene rings is 1. The monoisotopic (exact) mass is 391 g/mol. The van der Waals surface area contributed by atoms with E-state index in [1.54, 1.807) is 41.5 Å². The van der Waals surface area contributed by atoms with Gasteiger partial charge >= 0.3 is 0 Å². The van der Waals surface area contributed by atoms with Crippen LogP contribution in [0.2, 0.25) is 0 Å². The molecular weight excluding hydrogens is 366 g/mol. The van der Waals surface area contributed by atoms with Gasteiger partial charge in [-0.3, -0.25) is 19.3 Å². The summed E-state index contributed by atoms with van der Waals surface area (Å²) in [6, 6.07) is 12.2. The van der Waals surface area contributed by atoms with E-state index in [0.29, 0.717) is 17.9 Å². The van der Waals surface area contributed by atoms with E-state index >= 15 is 0 Å². The zero-order valence-corrected chi connectivity index (χ0v) is 16.8. The molecule has 0 spiro atoms. The fourth-order valence-corrected chi connectivity index (χ4v) is 2.94. The number of amides is 2. The van der Waals surface area contributed by atoms with Gasteiger partial charge in [0, 0.05) is 30.2 Å². The number of aromatic nitrogens is 3. The molecule has 0 aliphatic carbocycles. The van der Waals surface area contributed by atoms with Gasteiger partial charge in [-0.25, -0.2) is 0 Å². The Morgan fingerprint density at radius 1 is 1.10 bits per heavy atom. The first kappa shape index (κ1) is 20.3. The molecule has 0 aliphatic rings. The molecular formula is C22H25N5O2. The quantitative estimate of drug-likeness (QED) is 0.648. The SMILES string of the molecule is Cc1cccc(C(=O)NC(C(=O)Nc2ccn(Cc3ccncc3)n2)C(C)C)c1. The molecule has 2 aromatic heterocycles. The number of pyridine rings is 1. The lowest BCUT2D eigenvalue weighted by Gasteiger charge is -2.21. The molecule has 0 saturated carbocycles. The standard InChI is InChI=1S/C22H25N5O2/c1-15(2)20(25-21(28)18-6-4-5-16(3)13-18)22(29)24-19-9-12-27(26-19)14-17-7-10-23-11-8-17/h4-13,15,20H,14H2,1-3H3,(H,25,28)(H,24,26,29). The summed E-state index contributed by atoms with van der Waals surface area (Å²) in [5.74, 6) is -0.205. The van der Waals surface area contributed by atoms with E-state index in [-0.39, 0.29) is 17.7 Å². The summed E-state index contributed by atoms with van der Waals surface area (Å²) in [7, 11) is 0. The lowest BCUT2D eigenvalue weighted by Crippen LogP contribution is -2.47. The highest BCUT2D eigenvalue weighted by Crippen LogP contribution is 2.11. The molecule has 29 heavy (non-hydrogen) atoms. The zero-order valence-electron chi connectivity index (χ0n) is 16.8. The minimum Gasteiger partial charge on any atom is -0.340 e. The molecule has 0 fully saturated rings. The second-order valence-corrected chi connectivity index (χ2v) is 7.31. The Morgan fingerprint density at radius 3 is 2.55 bits per heavy atom. The number of carbonyl (C=O) groups excluding carboxylic acids is 2. The topological polar surface area (TPSA) is 88.9 Å². The highest BCUT2D eigenvalue weighted by molar-refractivity contribution is 6.01. The summed E-state index contributed by atoms with van der Waals surface area (Å²) in [5.41, 5.74) is 2.58. The van der Waals surface area contributed by atoms with E-state index < -0.39 is 6.04 Å². The van der Waals surface area contributed by atoms with Gasteiger partial charge in [0.25, 0.3) is 5.91 Å². The number of nitrogens with zero attached hydrogens (tertiary/aromatic N) is 3. The third-order valence-corrected chi connectivity index (χ3v) is 4.50. The second kappa shape index (κ2) is 9.14. The summed E-state index contributed by atoms with van der Waals surface area (Å²) in [5, 5.41) is 10.0. The molecule has 1 unspecified atom stereocenters. The minimum atomic E-state index is -0.673. The molecule has 7 nitrogen and oxygen atoms in total. The van der Waals surface area contributed by atoms with Crippen molar-refractivity contribution in [1.29, 1.82) is 0 Å². The van der Waals surface area contributed by atoms with Crippen molar-refractivity contribution in [2.75, 3.05) is 5.32 Å².